The minimum atomic E-state index is -0.113. The van der Waals surface area contributed by atoms with Crippen LogP contribution in [-0.2, 0) is 11.3 Å². The van der Waals surface area contributed by atoms with Crippen molar-refractivity contribution >= 4 is 46.0 Å². The first-order valence-electron chi connectivity index (χ1n) is 9.39. The van der Waals surface area contributed by atoms with E-state index in [0.717, 1.165) is 26.2 Å². The molecule has 3 aromatic rings. The normalized spacial score (nSPS) is 15.3. The Kier molecular flexibility index (Phi) is 5.36. The van der Waals surface area contributed by atoms with E-state index in [0.29, 0.717) is 17.8 Å². The summed E-state index contributed by atoms with van der Waals surface area (Å²) in [5.74, 6) is -0.113. The Balaban J connectivity index is 1.65. The molecule has 1 aliphatic rings. The van der Waals surface area contributed by atoms with Gasteiger partial charge in [0.25, 0.3) is 5.91 Å². The third-order valence-corrected chi connectivity index (χ3v) is 5.75. The van der Waals surface area contributed by atoms with Crippen LogP contribution < -0.4 is 5.01 Å². The number of aryl methyl sites for hydroxylation is 1. The molecule has 1 amide bonds. The highest BCUT2D eigenvalue weighted by molar-refractivity contribution is 14.1. The van der Waals surface area contributed by atoms with E-state index < -0.39 is 0 Å². The molecule has 2 aromatic carbocycles. The minimum Gasteiger partial charge on any atom is -0.267 e. The van der Waals surface area contributed by atoms with Crippen LogP contribution in [0.3, 0.4) is 0 Å². The lowest BCUT2D eigenvalue weighted by Gasteiger charge is -2.11. The van der Waals surface area contributed by atoms with Gasteiger partial charge in [-0.25, -0.2) is 0 Å². The third-order valence-electron chi connectivity index (χ3n) is 5.04. The lowest BCUT2D eigenvalue weighted by Crippen LogP contribution is -2.21. The summed E-state index contributed by atoms with van der Waals surface area (Å²) in [4.78, 5) is 13.0. The van der Waals surface area contributed by atoms with E-state index in [4.69, 9.17) is 5.10 Å². The second-order valence-electron chi connectivity index (χ2n) is 7.06. The van der Waals surface area contributed by atoms with Gasteiger partial charge in [-0.05, 0) is 79.3 Å². The van der Waals surface area contributed by atoms with Crippen molar-refractivity contribution in [3.05, 3.63) is 86.3 Å². The number of anilines is 1. The van der Waals surface area contributed by atoms with E-state index in [-0.39, 0.29) is 5.91 Å². The van der Waals surface area contributed by atoms with Gasteiger partial charge in [-0.15, -0.1) is 0 Å². The van der Waals surface area contributed by atoms with E-state index in [1.807, 2.05) is 74.0 Å². The number of hydrogen-bond acceptors (Lipinski definition) is 3. The Hall–Kier alpha value is -2.74. The van der Waals surface area contributed by atoms with Crippen LogP contribution in [0.5, 0.6) is 0 Å². The molecule has 0 radical (unpaired) electrons. The van der Waals surface area contributed by atoms with Gasteiger partial charge in [0, 0.05) is 14.8 Å². The molecular weight excluding hydrogens is 475 g/mol. The van der Waals surface area contributed by atoms with Gasteiger partial charge in [0.15, 0.2) is 0 Å². The quantitative estimate of drug-likeness (QED) is 0.379. The number of halogens is 1. The summed E-state index contributed by atoms with van der Waals surface area (Å²) in [6, 6.07) is 18.0. The summed E-state index contributed by atoms with van der Waals surface area (Å²) in [7, 11) is 0. The first kappa shape index (κ1) is 19.6. The second-order valence-corrected chi connectivity index (χ2v) is 8.31. The van der Waals surface area contributed by atoms with Crippen molar-refractivity contribution < 1.29 is 4.79 Å². The Morgan fingerprint density at radius 2 is 1.69 bits per heavy atom. The number of nitrogens with zero attached hydrogens (tertiary/aromatic N) is 4. The standard InChI is InChI=1S/C23H21IN4O/c1-15-21(17(3)27(25-15)14-18-7-5-4-6-8-18)13-22-16(2)26-28(23(22)29)20-11-9-19(24)10-12-20/h4-13H,14H2,1-3H3/b22-13+. The molecule has 5 nitrogen and oxygen atoms in total. The van der Waals surface area contributed by atoms with Gasteiger partial charge >= 0.3 is 0 Å². The summed E-state index contributed by atoms with van der Waals surface area (Å²) in [6.45, 7) is 6.59. The molecule has 0 bridgehead atoms. The smallest absolute Gasteiger partial charge is 0.267 e. The number of benzene rings is 2. The van der Waals surface area contributed by atoms with Gasteiger partial charge in [0.2, 0.25) is 0 Å². The van der Waals surface area contributed by atoms with Crippen LogP contribution in [-0.4, -0.2) is 21.4 Å². The fourth-order valence-electron chi connectivity index (χ4n) is 3.42. The lowest BCUT2D eigenvalue weighted by atomic mass is 10.1. The molecule has 0 saturated heterocycles. The first-order chi connectivity index (χ1) is 13.9. The number of hydrazone groups is 1. The first-order valence-corrected chi connectivity index (χ1v) is 10.5. The molecule has 6 heteroatoms. The molecule has 0 saturated carbocycles. The number of carbonyl (C=O) groups is 1. The van der Waals surface area contributed by atoms with Crippen LogP contribution in [0, 0.1) is 17.4 Å². The van der Waals surface area contributed by atoms with Gasteiger partial charge in [-0.3, -0.25) is 9.48 Å². The van der Waals surface area contributed by atoms with Gasteiger partial charge in [-0.1, -0.05) is 30.3 Å². The number of hydrogen-bond donors (Lipinski definition) is 0. The number of amides is 1. The van der Waals surface area contributed by atoms with Crippen LogP contribution >= 0.6 is 22.6 Å². The molecule has 0 aliphatic carbocycles. The van der Waals surface area contributed by atoms with Crippen molar-refractivity contribution in [3.8, 4) is 0 Å². The summed E-state index contributed by atoms with van der Waals surface area (Å²) in [5, 5.41) is 10.6. The molecule has 1 aliphatic heterocycles. The Morgan fingerprint density at radius 1 is 1.00 bits per heavy atom. The molecule has 1 aromatic heterocycles. The number of aromatic nitrogens is 2. The molecule has 0 spiro atoms. The average molecular weight is 496 g/mol. The minimum absolute atomic E-state index is 0.113. The van der Waals surface area contributed by atoms with Crippen molar-refractivity contribution in [1.82, 2.24) is 9.78 Å². The van der Waals surface area contributed by atoms with E-state index in [2.05, 4.69) is 39.8 Å². The average Bonchev–Trinajstić information content (AvgIpc) is 3.14. The highest BCUT2D eigenvalue weighted by Crippen LogP contribution is 2.27. The number of carbonyl (C=O) groups excluding carboxylic acids is 1. The summed E-state index contributed by atoms with van der Waals surface area (Å²) < 4.78 is 3.10. The van der Waals surface area contributed by atoms with E-state index in [9.17, 15) is 4.79 Å². The summed E-state index contributed by atoms with van der Waals surface area (Å²) >= 11 is 2.25. The zero-order valence-corrected chi connectivity index (χ0v) is 18.7. The fourth-order valence-corrected chi connectivity index (χ4v) is 3.78. The van der Waals surface area contributed by atoms with E-state index in [1.54, 1.807) is 0 Å². The zero-order chi connectivity index (χ0) is 20.5. The maximum Gasteiger partial charge on any atom is 0.280 e. The molecule has 0 unspecified atom stereocenters. The lowest BCUT2D eigenvalue weighted by molar-refractivity contribution is -0.114. The third kappa shape index (κ3) is 3.89. The summed E-state index contributed by atoms with van der Waals surface area (Å²) in [6.07, 6.45) is 1.92. The topological polar surface area (TPSA) is 50.5 Å². The van der Waals surface area contributed by atoms with Crippen molar-refractivity contribution in [3.63, 3.8) is 0 Å². The zero-order valence-electron chi connectivity index (χ0n) is 16.6. The van der Waals surface area contributed by atoms with E-state index in [1.165, 1.54) is 10.6 Å². The van der Waals surface area contributed by atoms with Crippen LogP contribution in [0.2, 0.25) is 0 Å². The maximum atomic E-state index is 13.0. The highest BCUT2D eigenvalue weighted by atomic mass is 127. The molecule has 2 heterocycles. The van der Waals surface area contributed by atoms with Crippen LogP contribution in [0.25, 0.3) is 6.08 Å². The van der Waals surface area contributed by atoms with Crippen molar-refractivity contribution in [1.29, 1.82) is 0 Å². The predicted octanol–water partition coefficient (Wildman–Crippen LogP) is 4.96. The Morgan fingerprint density at radius 3 is 2.38 bits per heavy atom. The largest absolute Gasteiger partial charge is 0.280 e. The van der Waals surface area contributed by atoms with Gasteiger partial charge in [-0.2, -0.15) is 15.2 Å². The second kappa shape index (κ2) is 7.94. The number of rotatable bonds is 4. The molecule has 0 fully saturated rings. The van der Waals surface area contributed by atoms with Crippen LogP contribution in [0.15, 0.2) is 65.3 Å². The molecular formula is C23H21IN4O. The maximum absolute atomic E-state index is 13.0. The Bertz CT molecular complexity index is 1130. The van der Waals surface area contributed by atoms with Gasteiger partial charge < -0.3 is 0 Å². The fraction of sp³-hybridized carbons (Fsp3) is 0.174. The van der Waals surface area contributed by atoms with Crippen LogP contribution in [0.4, 0.5) is 5.69 Å². The molecule has 4 rings (SSSR count). The highest BCUT2D eigenvalue weighted by Gasteiger charge is 2.29. The molecule has 146 valence electrons. The van der Waals surface area contributed by atoms with Crippen LogP contribution in [0.1, 0.15) is 29.4 Å². The summed E-state index contributed by atoms with van der Waals surface area (Å²) in [5.41, 5.74) is 6.19. The van der Waals surface area contributed by atoms with E-state index >= 15 is 0 Å². The van der Waals surface area contributed by atoms with Gasteiger partial charge in [0.1, 0.15) is 0 Å². The predicted molar refractivity (Wildman–Crippen MR) is 125 cm³/mol. The monoisotopic (exact) mass is 496 g/mol. The molecule has 0 N–H and O–H groups in total. The van der Waals surface area contributed by atoms with Crippen molar-refractivity contribution in [2.45, 2.75) is 27.3 Å². The Labute approximate surface area is 183 Å². The van der Waals surface area contributed by atoms with Gasteiger partial charge in [0.05, 0.1) is 29.2 Å². The van der Waals surface area contributed by atoms with Crippen molar-refractivity contribution in [2.24, 2.45) is 5.10 Å². The molecule has 29 heavy (non-hydrogen) atoms. The van der Waals surface area contributed by atoms with Crippen molar-refractivity contribution in [2.75, 3.05) is 5.01 Å². The SMILES string of the molecule is CC1=NN(c2ccc(I)cc2)C(=O)/C1=C/c1c(C)nn(Cc2ccccc2)c1C. The molecule has 0 atom stereocenters.